The van der Waals surface area contributed by atoms with E-state index in [-0.39, 0.29) is 12.0 Å². The maximum absolute atomic E-state index is 11.5. The number of nitriles is 1. The molecule has 19 heavy (non-hydrogen) atoms. The summed E-state index contributed by atoms with van der Waals surface area (Å²) in [4.78, 5) is 32.2. The highest BCUT2D eigenvalue weighted by molar-refractivity contribution is 5.99. The van der Waals surface area contributed by atoms with Gasteiger partial charge in [0.25, 0.3) is 5.91 Å². The van der Waals surface area contributed by atoms with Crippen LogP contribution >= 0.6 is 0 Å². The number of carboxylic acid groups (broad SMARTS) is 2. The highest BCUT2D eigenvalue weighted by atomic mass is 16.4. The van der Waals surface area contributed by atoms with Crippen molar-refractivity contribution in [2.75, 3.05) is 6.54 Å². The van der Waals surface area contributed by atoms with E-state index in [1.54, 1.807) is 6.07 Å². The molecule has 0 aliphatic heterocycles. The third-order valence-corrected chi connectivity index (χ3v) is 2.04. The van der Waals surface area contributed by atoms with Crippen LogP contribution in [-0.4, -0.2) is 40.6 Å². The molecule has 0 fully saturated rings. The molecule has 0 aromatic carbocycles. The van der Waals surface area contributed by atoms with E-state index in [1.807, 2.05) is 0 Å². The molecule has 0 saturated carbocycles. The van der Waals surface area contributed by atoms with Crippen molar-refractivity contribution in [3.8, 4) is 6.07 Å². The third kappa shape index (κ3) is 7.38. The lowest BCUT2D eigenvalue weighted by molar-refractivity contribution is -0.140. The lowest BCUT2D eigenvalue weighted by Gasteiger charge is -2.08. The van der Waals surface area contributed by atoms with Gasteiger partial charge in [-0.05, 0) is 13.3 Å². The van der Waals surface area contributed by atoms with Crippen molar-refractivity contribution in [2.45, 2.75) is 25.8 Å². The van der Waals surface area contributed by atoms with E-state index in [0.29, 0.717) is 13.0 Å². The molecule has 4 N–H and O–H groups in total. The van der Waals surface area contributed by atoms with Gasteiger partial charge in [-0.1, -0.05) is 0 Å². The van der Waals surface area contributed by atoms with Gasteiger partial charge in [-0.15, -0.1) is 0 Å². The van der Waals surface area contributed by atoms with Gasteiger partial charge in [-0.2, -0.15) is 5.26 Å². The van der Waals surface area contributed by atoms with E-state index in [0.717, 1.165) is 6.20 Å². The van der Waals surface area contributed by atoms with Gasteiger partial charge in [-0.25, -0.2) is 0 Å². The summed E-state index contributed by atoms with van der Waals surface area (Å²) < 4.78 is 0. The van der Waals surface area contributed by atoms with Gasteiger partial charge >= 0.3 is 11.9 Å². The third-order valence-electron chi connectivity index (χ3n) is 2.04. The fraction of sp³-hybridized carbons (Fsp3) is 0.455. The number of carbonyl (C=O) groups excluding carboxylic acids is 1. The van der Waals surface area contributed by atoms with Crippen LogP contribution in [0.5, 0.6) is 0 Å². The van der Waals surface area contributed by atoms with Crippen LogP contribution in [0.4, 0.5) is 0 Å². The van der Waals surface area contributed by atoms with Crippen molar-refractivity contribution >= 4 is 17.8 Å². The molecule has 1 atom stereocenters. The number of nitrogens with zero attached hydrogens (tertiary/aromatic N) is 1. The van der Waals surface area contributed by atoms with Crippen LogP contribution in [-0.2, 0) is 14.4 Å². The Morgan fingerprint density at radius 2 is 2.00 bits per heavy atom. The topological polar surface area (TPSA) is 140 Å². The summed E-state index contributed by atoms with van der Waals surface area (Å²) in [6, 6.07) is 0.522. The Morgan fingerprint density at radius 3 is 2.47 bits per heavy atom. The molecule has 1 amide bonds. The molecule has 0 aromatic heterocycles. The van der Waals surface area contributed by atoms with Crippen molar-refractivity contribution in [1.82, 2.24) is 10.6 Å². The minimum Gasteiger partial charge on any atom is -0.481 e. The summed E-state index contributed by atoms with van der Waals surface area (Å²) in [7, 11) is 0. The molecule has 0 spiro atoms. The Balaban J connectivity index is 4.25. The summed E-state index contributed by atoms with van der Waals surface area (Å²) in [5, 5.41) is 30.5. The van der Waals surface area contributed by atoms with E-state index < -0.39 is 23.9 Å². The standard InChI is InChI=1S/C11H15N3O5/c1-7(11(18)19)14-10(17)8(5-12)6-13-4-2-3-9(15)16/h6-7,13H,2-4H2,1H3,(H,14,17)(H,15,16)(H,18,19)/b8-6-. The van der Waals surface area contributed by atoms with Crippen molar-refractivity contribution in [2.24, 2.45) is 0 Å². The van der Waals surface area contributed by atoms with Gasteiger partial charge in [-0.3, -0.25) is 14.4 Å². The number of aliphatic carboxylic acids is 2. The normalized spacial score (nSPS) is 12.1. The molecular weight excluding hydrogens is 254 g/mol. The van der Waals surface area contributed by atoms with Crippen molar-refractivity contribution < 1.29 is 24.6 Å². The fourth-order valence-corrected chi connectivity index (χ4v) is 1.00. The van der Waals surface area contributed by atoms with E-state index in [1.165, 1.54) is 6.92 Å². The molecule has 0 saturated heterocycles. The Kier molecular flexibility index (Phi) is 7.37. The second kappa shape index (κ2) is 8.52. The molecule has 1 unspecified atom stereocenters. The number of amides is 1. The summed E-state index contributed by atoms with van der Waals surface area (Å²) in [6.07, 6.45) is 1.45. The van der Waals surface area contributed by atoms with E-state index >= 15 is 0 Å². The average Bonchev–Trinajstić information content (AvgIpc) is 2.32. The number of rotatable bonds is 8. The molecule has 0 rings (SSSR count). The predicted molar refractivity (Wildman–Crippen MR) is 63.8 cm³/mol. The monoisotopic (exact) mass is 269 g/mol. The lowest BCUT2D eigenvalue weighted by Crippen LogP contribution is -2.39. The molecule has 8 heteroatoms. The van der Waals surface area contributed by atoms with Gasteiger partial charge in [0.05, 0.1) is 0 Å². The van der Waals surface area contributed by atoms with E-state index in [2.05, 4.69) is 10.6 Å². The first-order chi connectivity index (χ1) is 8.88. The molecule has 0 aliphatic carbocycles. The molecule has 0 heterocycles. The highest BCUT2D eigenvalue weighted by Gasteiger charge is 2.16. The maximum Gasteiger partial charge on any atom is 0.325 e. The minimum atomic E-state index is -1.21. The Morgan fingerprint density at radius 1 is 1.37 bits per heavy atom. The van der Waals surface area contributed by atoms with Gasteiger partial charge < -0.3 is 20.8 Å². The smallest absolute Gasteiger partial charge is 0.325 e. The first-order valence-electron chi connectivity index (χ1n) is 5.47. The van der Waals surface area contributed by atoms with Crippen molar-refractivity contribution in [3.05, 3.63) is 11.8 Å². The summed E-state index contributed by atoms with van der Waals surface area (Å²) >= 11 is 0. The fourth-order valence-electron chi connectivity index (χ4n) is 1.00. The Hall–Kier alpha value is -2.56. The maximum atomic E-state index is 11.5. The minimum absolute atomic E-state index is 0.0228. The van der Waals surface area contributed by atoms with Gasteiger partial charge in [0, 0.05) is 19.2 Å². The molecule has 8 nitrogen and oxygen atoms in total. The van der Waals surface area contributed by atoms with E-state index in [9.17, 15) is 14.4 Å². The van der Waals surface area contributed by atoms with Crippen LogP contribution in [0.25, 0.3) is 0 Å². The molecule has 0 bridgehead atoms. The number of carbonyl (C=O) groups is 3. The zero-order valence-electron chi connectivity index (χ0n) is 10.3. The molecular formula is C11H15N3O5. The van der Waals surface area contributed by atoms with Gasteiger partial charge in [0.1, 0.15) is 17.7 Å². The van der Waals surface area contributed by atoms with Crippen molar-refractivity contribution in [1.29, 1.82) is 5.26 Å². The van der Waals surface area contributed by atoms with Crippen molar-refractivity contribution in [3.63, 3.8) is 0 Å². The van der Waals surface area contributed by atoms with Crippen LogP contribution in [0, 0.1) is 11.3 Å². The van der Waals surface area contributed by atoms with E-state index in [4.69, 9.17) is 15.5 Å². The Bertz CT molecular complexity index is 425. The SMILES string of the molecule is CC(NC(=O)/C(C#N)=C\NCCCC(=O)O)C(=O)O. The molecule has 0 aromatic rings. The second-order valence-corrected chi connectivity index (χ2v) is 3.65. The highest BCUT2D eigenvalue weighted by Crippen LogP contribution is 1.94. The van der Waals surface area contributed by atoms with Crippen LogP contribution in [0.3, 0.4) is 0 Å². The molecule has 104 valence electrons. The van der Waals surface area contributed by atoms with Gasteiger partial charge in [0.2, 0.25) is 0 Å². The van der Waals surface area contributed by atoms with Gasteiger partial charge in [0.15, 0.2) is 0 Å². The first kappa shape index (κ1) is 16.4. The molecule has 0 aliphatic rings. The van der Waals surface area contributed by atoms with Crippen LogP contribution in [0.15, 0.2) is 11.8 Å². The quantitative estimate of drug-likeness (QED) is 0.263. The lowest BCUT2D eigenvalue weighted by atomic mass is 10.2. The first-order valence-corrected chi connectivity index (χ1v) is 5.47. The zero-order chi connectivity index (χ0) is 14.8. The summed E-state index contributed by atoms with van der Waals surface area (Å²) in [5.74, 6) is -2.94. The zero-order valence-corrected chi connectivity index (χ0v) is 10.3. The largest absolute Gasteiger partial charge is 0.481 e. The van der Waals surface area contributed by atoms with Crippen LogP contribution in [0.1, 0.15) is 19.8 Å². The van der Waals surface area contributed by atoms with Crippen LogP contribution in [0.2, 0.25) is 0 Å². The second-order valence-electron chi connectivity index (χ2n) is 3.65. The number of carboxylic acids is 2. The average molecular weight is 269 g/mol. The van der Waals surface area contributed by atoms with Crippen LogP contribution < -0.4 is 10.6 Å². The number of hydrogen-bond acceptors (Lipinski definition) is 5. The Labute approximate surface area is 109 Å². The number of hydrogen-bond donors (Lipinski definition) is 4. The summed E-state index contributed by atoms with van der Waals surface area (Å²) in [6.45, 7) is 1.56. The molecule has 0 radical (unpaired) electrons. The number of nitrogens with one attached hydrogen (secondary N) is 2. The predicted octanol–water partition coefficient (Wildman–Crippen LogP) is -0.562. The summed E-state index contributed by atoms with van der Waals surface area (Å²) in [5.41, 5.74) is -0.275.